The Morgan fingerprint density at radius 1 is 1.61 bits per heavy atom. The molecular weight excluding hydrogens is 262 g/mol. The zero-order valence-corrected chi connectivity index (χ0v) is 10.7. The first-order chi connectivity index (χ1) is 8.43. The van der Waals surface area contributed by atoms with Gasteiger partial charge >= 0.3 is 11.7 Å². The number of nitrogens with two attached hydrogens (primary N) is 1. The Balaban J connectivity index is 3.59. The molecule has 0 spiro atoms. The van der Waals surface area contributed by atoms with Crippen LogP contribution >= 0.6 is 11.6 Å². The number of aromatic nitrogens is 1. The summed E-state index contributed by atoms with van der Waals surface area (Å²) in [5, 5.41) is 11.0. The number of carbonyl (C=O) groups is 1. The van der Waals surface area contributed by atoms with Crippen LogP contribution in [-0.4, -0.2) is 22.5 Å². The van der Waals surface area contributed by atoms with Crippen molar-refractivity contribution in [1.29, 1.82) is 0 Å². The zero-order valence-electron chi connectivity index (χ0n) is 9.90. The van der Waals surface area contributed by atoms with Crippen LogP contribution in [0.1, 0.15) is 28.5 Å². The highest BCUT2D eigenvalue weighted by atomic mass is 35.5. The van der Waals surface area contributed by atoms with E-state index in [2.05, 4.69) is 4.98 Å². The summed E-state index contributed by atoms with van der Waals surface area (Å²) in [4.78, 5) is 25.9. The monoisotopic (exact) mass is 273 g/mol. The van der Waals surface area contributed by atoms with E-state index in [0.717, 1.165) is 0 Å². The topological polar surface area (TPSA) is 108 Å². The van der Waals surface area contributed by atoms with Gasteiger partial charge in [-0.05, 0) is 13.8 Å². The summed E-state index contributed by atoms with van der Waals surface area (Å²) >= 11 is 5.83. The molecule has 0 amide bonds. The third-order valence-electron chi connectivity index (χ3n) is 2.26. The molecule has 0 aliphatic heterocycles. The highest BCUT2D eigenvalue weighted by Gasteiger charge is 2.30. The molecule has 1 aromatic heterocycles. The van der Waals surface area contributed by atoms with Crippen molar-refractivity contribution in [2.75, 3.05) is 6.61 Å². The smallest absolute Gasteiger partial charge is 0.345 e. The Hall–Kier alpha value is -1.73. The van der Waals surface area contributed by atoms with Crippen LogP contribution in [0.25, 0.3) is 0 Å². The molecule has 0 saturated heterocycles. The molecule has 0 aliphatic carbocycles. The van der Waals surface area contributed by atoms with Crippen molar-refractivity contribution in [2.24, 2.45) is 5.73 Å². The molecule has 0 aromatic carbocycles. The summed E-state index contributed by atoms with van der Waals surface area (Å²) in [6, 6.07) is 0. The summed E-state index contributed by atoms with van der Waals surface area (Å²) < 4.78 is 4.79. The van der Waals surface area contributed by atoms with Gasteiger partial charge in [0.05, 0.1) is 11.5 Å². The summed E-state index contributed by atoms with van der Waals surface area (Å²) in [5.74, 6) is -0.822. The van der Waals surface area contributed by atoms with E-state index in [-0.39, 0.29) is 35.1 Å². The number of pyridine rings is 1. The van der Waals surface area contributed by atoms with Crippen LogP contribution in [0.15, 0.2) is 0 Å². The van der Waals surface area contributed by atoms with Gasteiger partial charge in [0.2, 0.25) is 0 Å². The Morgan fingerprint density at radius 3 is 2.67 bits per heavy atom. The molecule has 0 radical (unpaired) electrons. The standard InChI is InChI=1S/C10H12ClN3O4/c1-3-18-10(15)7-6(4-12)9(11)13-5(2)8(7)14(16)17/h3-4,12H2,1-2H3. The highest BCUT2D eigenvalue weighted by molar-refractivity contribution is 6.30. The fourth-order valence-corrected chi connectivity index (χ4v) is 1.83. The molecule has 0 unspecified atom stereocenters. The van der Waals surface area contributed by atoms with Crippen molar-refractivity contribution in [3.05, 3.63) is 32.1 Å². The maximum Gasteiger partial charge on any atom is 0.345 e. The van der Waals surface area contributed by atoms with E-state index in [9.17, 15) is 14.9 Å². The molecule has 2 N–H and O–H groups in total. The van der Waals surface area contributed by atoms with Gasteiger partial charge in [-0.25, -0.2) is 9.78 Å². The van der Waals surface area contributed by atoms with Crippen molar-refractivity contribution in [3.8, 4) is 0 Å². The molecule has 0 fully saturated rings. The van der Waals surface area contributed by atoms with E-state index >= 15 is 0 Å². The van der Waals surface area contributed by atoms with E-state index in [4.69, 9.17) is 22.1 Å². The van der Waals surface area contributed by atoms with Crippen LogP contribution < -0.4 is 5.73 Å². The molecule has 0 atom stereocenters. The van der Waals surface area contributed by atoms with Crippen LogP contribution in [0.5, 0.6) is 0 Å². The Morgan fingerprint density at radius 2 is 2.22 bits per heavy atom. The minimum Gasteiger partial charge on any atom is -0.462 e. The second-order valence-electron chi connectivity index (χ2n) is 3.37. The molecule has 98 valence electrons. The van der Waals surface area contributed by atoms with Crippen LogP contribution in [0.3, 0.4) is 0 Å². The van der Waals surface area contributed by atoms with E-state index in [1.807, 2.05) is 0 Å². The molecule has 7 nitrogen and oxygen atoms in total. The first kappa shape index (κ1) is 14.3. The number of esters is 1. The SMILES string of the molecule is CCOC(=O)c1c(CN)c(Cl)nc(C)c1[N+](=O)[O-]. The maximum atomic E-state index is 11.8. The minimum atomic E-state index is -0.822. The van der Waals surface area contributed by atoms with E-state index < -0.39 is 16.6 Å². The van der Waals surface area contributed by atoms with Gasteiger partial charge < -0.3 is 10.5 Å². The number of ether oxygens (including phenoxy) is 1. The Labute approximate surface area is 108 Å². The molecule has 1 heterocycles. The lowest BCUT2D eigenvalue weighted by Gasteiger charge is -2.10. The average Bonchev–Trinajstić information content (AvgIpc) is 2.27. The predicted octanol–water partition coefficient (Wildman–Crippen LogP) is 1.59. The van der Waals surface area contributed by atoms with Crippen LogP contribution in [0.4, 0.5) is 5.69 Å². The van der Waals surface area contributed by atoms with Crippen molar-refractivity contribution >= 4 is 23.3 Å². The fourth-order valence-electron chi connectivity index (χ4n) is 1.53. The van der Waals surface area contributed by atoms with Gasteiger partial charge in [-0.1, -0.05) is 11.6 Å². The highest BCUT2D eigenvalue weighted by Crippen LogP contribution is 2.30. The minimum absolute atomic E-state index is 0.0244. The van der Waals surface area contributed by atoms with Crippen molar-refractivity contribution in [3.63, 3.8) is 0 Å². The number of rotatable bonds is 4. The summed E-state index contributed by atoms with van der Waals surface area (Å²) in [6.07, 6.45) is 0. The maximum absolute atomic E-state index is 11.8. The van der Waals surface area contributed by atoms with Gasteiger partial charge in [0.25, 0.3) is 0 Å². The molecule has 0 saturated carbocycles. The largest absolute Gasteiger partial charge is 0.462 e. The molecule has 1 aromatic rings. The second kappa shape index (κ2) is 5.74. The molecule has 1 rings (SSSR count). The number of nitrogens with zero attached hydrogens (tertiary/aromatic N) is 2. The number of carbonyl (C=O) groups excluding carboxylic acids is 1. The average molecular weight is 274 g/mol. The number of hydrogen-bond acceptors (Lipinski definition) is 6. The summed E-state index contributed by atoms with van der Waals surface area (Å²) in [7, 11) is 0. The summed E-state index contributed by atoms with van der Waals surface area (Å²) in [6.45, 7) is 2.95. The number of halogens is 1. The predicted molar refractivity (Wildman–Crippen MR) is 64.5 cm³/mol. The van der Waals surface area contributed by atoms with E-state index in [1.54, 1.807) is 6.92 Å². The fraction of sp³-hybridized carbons (Fsp3) is 0.400. The van der Waals surface area contributed by atoms with Crippen LogP contribution in [-0.2, 0) is 11.3 Å². The molecular formula is C10H12ClN3O4. The number of aryl methyl sites for hydroxylation is 1. The Kier molecular flexibility index (Phi) is 4.57. The number of hydrogen-bond donors (Lipinski definition) is 1. The van der Waals surface area contributed by atoms with Gasteiger partial charge in [-0.2, -0.15) is 0 Å². The van der Waals surface area contributed by atoms with Gasteiger partial charge in [-0.3, -0.25) is 10.1 Å². The second-order valence-corrected chi connectivity index (χ2v) is 3.73. The van der Waals surface area contributed by atoms with Crippen LogP contribution in [0, 0.1) is 17.0 Å². The lowest BCUT2D eigenvalue weighted by Crippen LogP contribution is -2.16. The molecule has 18 heavy (non-hydrogen) atoms. The quantitative estimate of drug-likeness (QED) is 0.386. The third kappa shape index (κ3) is 2.57. The van der Waals surface area contributed by atoms with Crippen LogP contribution in [0.2, 0.25) is 5.15 Å². The molecule has 8 heteroatoms. The summed E-state index contributed by atoms with van der Waals surface area (Å²) in [5.41, 5.74) is 4.98. The van der Waals surface area contributed by atoms with E-state index in [0.29, 0.717) is 0 Å². The van der Waals surface area contributed by atoms with Crippen molar-refractivity contribution in [2.45, 2.75) is 20.4 Å². The van der Waals surface area contributed by atoms with Gasteiger partial charge in [0, 0.05) is 12.1 Å². The molecule has 0 aliphatic rings. The van der Waals surface area contributed by atoms with Crippen molar-refractivity contribution < 1.29 is 14.5 Å². The number of nitro groups is 1. The van der Waals surface area contributed by atoms with Gasteiger partial charge in [0.1, 0.15) is 16.4 Å². The van der Waals surface area contributed by atoms with Gasteiger partial charge in [0.15, 0.2) is 0 Å². The lowest BCUT2D eigenvalue weighted by atomic mass is 10.1. The Bertz CT molecular complexity index is 504. The van der Waals surface area contributed by atoms with Gasteiger partial charge in [-0.15, -0.1) is 0 Å². The van der Waals surface area contributed by atoms with Crippen molar-refractivity contribution in [1.82, 2.24) is 4.98 Å². The normalized spacial score (nSPS) is 10.2. The lowest BCUT2D eigenvalue weighted by molar-refractivity contribution is -0.386. The third-order valence-corrected chi connectivity index (χ3v) is 2.58. The van der Waals surface area contributed by atoms with E-state index in [1.165, 1.54) is 6.92 Å². The first-order valence-electron chi connectivity index (χ1n) is 5.14. The zero-order chi connectivity index (χ0) is 13.9. The molecule has 0 bridgehead atoms. The first-order valence-corrected chi connectivity index (χ1v) is 5.52.